The first kappa shape index (κ1) is 14.6. The number of para-hydroxylation sites is 1. The van der Waals surface area contributed by atoms with Crippen LogP contribution in [0.2, 0.25) is 0 Å². The highest BCUT2D eigenvalue weighted by Crippen LogP contribution is 2.43. The van der Waals surface area contributed by atoms with Crippen molar-refractivity contribution >= 4 is 33.5 Å². The number of ketones is 1. The largest absolute Gasteiger partial charge is 0.397 e. The number of carbonyl (C=O) groups is 1. The standard InChI is InChI=1S/C16H20N2OS/c1-10(19)12-13(17)14(16(2,3)4)20-15(12)18-11-8-6-5-7-9-11/h5-9,18H,17H2,1-4H3. The van der Waals surface area contributed by atoms with E-state index in [9.17, 15) is 4.79 Å². The summed E-state index contributed by atoms with van der Waals surface area (Å²) in [5.41, 5.74) is 8.28. The normalized spacial score (nSPS) is 11.4. The molecule has 0 fully saturated rings. The van der Waals surface area contributed by atoms with Crippen LogP contribution in [-0.2, 0) is 5.41 Å². The fourth-order valence-electron chi connectivity index (χ4n) is 2.09. The molecule has 0 aliphatic carbocycles. The molecular weight excluding hydrogens is 268 g/mol. The molecule has 0 saturated heterocycles. The van der Waals surface area contributed by atoms with Crippen molar-refractivity contribution in [1.29, 1.82) is 0 Å². The number of hydrogen-bond donors (Lipinski definition) is 2. The average molecular weight is 288 g/mol. The number of hydrogen-bond acceptors (Lipinski definition) is 4. The van der Waals surface area contributed by atoms with Gasteiger partial charge in [-0.15, -0.1) is 11.3 Å². The van der Waals surface area contributed by atoms with E-state index in [4.69, 9.17) is 5.73 Å². The number of carbonyl (C=O) groups excluding carboxylic acids is 1. The molecule has 0 spiro atoms. The smallest absolute Gasteiger partial charge is 0.164 e. The number of thiophene rings is 1. The Morgan fingerprint density at radius 3 is 2.30 bits per heavy atom. The quantitative estimate of drug-likeness (QED) is 0.813. The summed E-state index contributed by atoms with van der Waals surface area (Å²) in [5, 5.41) is 4.13. The van der Waals surface area contributed by atoms with Gasteiger partial charge in [-0.1, -0.05) is 39.0 Å². The second kappa shape index (κ2) is 5.29. The molecule has 3 N–H and O–H groups in total. The Kier molecular flexibility index (Phi) is 3.86. The van der Waals surface area contributed by atoms with E-state index >= 15 is 0 Å². The fraction of sp³-hybridized carbons (Fsp3) is 0.312. The van der Waals surface area contributed by atoms with Gasteiger partial charge in [-0.2, -0.15) is 0 Å². The van der Waals surface area contributed by atoms with E-state index in [1.807, 2.05) is 30.3 Å². The molecule has 0 aliphatic rings. The van der Waals surface area contributed by atoms with Crippen LogP contribution < -0.4 is 11.1 Å². The van der Waals surface area contributed by atoms with Crippen molar-refractivity contribution < 1.29 is 4.79 Å². The van der Waals surface area contributed by atoms with Crippen LogP contribution in [0.5, 0.6) is 0 Å². The molecule has 106 valence electrons. The van der Waals surface area contributed by atoms with E-state index in [1.54, 1.807) is 18.3 Å². The summed E-state index contributed by atoms with van der Waals surface area (Å²) >= 11 is 1.56. The van der Waals surface area contributed by atoms with Gasteiger partial charge in [0.05, 0.1) is 11.3 Å². The second-order valence-corrected chi connectivity index (χ2v) is 6.87. The molecule has 1 aromatic carbocycles. The number of anilines is 3. The van der Waals surface area contributed by atoms with Crippen LogP contribution in [0.4, 0.5) is 16.4 Å². The minimum absolute atomic E-state index is 0.00678. The van der Waals surface area contributed by atoms with Crippen molar-refractivity contribution in [3.8, 4) is 0 Å². The van der Waals surface area contributed by atoms with Crippen molar-refractivity contribution in [3.05, 3.63) is 40.8 Å². The van der Waals surface area contributed by atoms with E-state index < -0.39 is 0 Å². The Morgan fingerprint density at radius 2 is 1.80 bits per heavy atom. The Morgan fingerprint density at radius 1 is 1.20 bits per heavy atom. The summed E-state index contributed by atoms with van der Waals surface area (Å²) in [5.74, 6) is -0.00678. The Bertz CT molecular complexity index is 624. The molecule has 20 heavy (non-hydrogen) atoms. The van der Waals surface area contributed by atoms with Gasteiger partial charge in [0.2, 0.25) is 0 Å². The topological polar surface area (TPSA) is 55.1 Å². The van der Waals surface area contributed by atoms with Gasteiger partial charge in [-0.05, 0) is 24.5 Å². The summed E-state index contributed by atoms with van der Waals surface area (Å²) in [6.07, 6.45) is 0. The highest BCUT2D eigenvalue weighted by Gasteiger charge is 2.26. The summed E-state index contributed by atoms with van der Waals surface area (Å²) in [4.78, 5) is 12.9. The monoisotopic (exact) mass is 288 g/mol. The molecule has 0 aliphatic heterocycles. The first-order chi connectivity index (χ1) is 9.30. The summed E-state index contributed by atoms with van der Waals surface area (Å²) in [7, 11) is 0. The fourth-order valence-corrected chi connectivity index (χ4v) is 3.34. The zero-order valence-corrected chi connectivity index (χ0v) is 13.1. The lowest BCUT2D eigenvalue weighted by atomic mass is 9.92. The van der Waals surface area contributed by atoms with E-state index in [0.29, 0.717) is 11.3 Å². The van der Waals surface area contributed by atoms with E-state index in [1.165, 1.54) is 0 Å². The van der Waals surface area contributed by atoms with Crippen LogP contribution >= 0.6 is 11.3 Å². The van der Waals surface area contributed by atoms with Crippen LogP contribution in [-0.4, -0.2) is 5.78 Å². The zero-order chi connectivity index (χ0) is 14.9. The first-order valence-electron chi connectivity index (χ1n) is 6.56. The van der Waals surface area contributed by atoms with Gasteiger partial charge in [0, 0.05) is 10.6 Å². The Hall–Kier alpha value is -1.81. The Balaban J connectivity index is 2.50. The summed E-state index contributed by atoms with van der Waals surface area (Å²) in [6, 6.07) is 9.81. The summed E-state index contributed by atoms with van der Waals surface area (Å²) < 4.78 is 0. The number of nitrogens with two attached hydrogens (primary N) is 1. The molecule has 1 heterocycles. The predicted octanol–water partition coefficient (Wildman–Crippen LogP) is 4.57. The molecule has 0 bridgehead atoms. The number of nitrogens with one attached hydrogen (secondary N) is 1. The zero-order valence-electron chi connectivity index (χ0n) is 12.3. The van der Waals surface area contributed by atoms with Gasteiger partial charge in [0.25, 0.3) is 0 Å². The maximum Gasteiger partial charge on any atom is 0.164 e. The van der Waals surface area contributed by atoms with Crippen LogP contribution in [0, 0.1) is 0 Å². The van der Waals surface area contributed by atoms with Crippen molar-refractivity contribution in [2.45, 2.75) is 33.1 Å². The maximum atomic E-state index is 11.9. The number of nitrogen functional groups attached to an aromatic ring is 1. The molecule has 3 nitrogen and oxygen atoms in total. The number of benzene rings is 1. The van der Waals surface area contributed by atoms with Crippen molar-refractivity contribution in [3.63, 3.8) is 0 Å². The van der Waals surface area contributed by atoms with Gasteiger partial charge in [0.15, 0.2) is 5.78 Å². The number of rotatable bonds is 3. The van der Waals surface area contributed by atoms with E-state index in [-0.39, 0.29) is 11.2 Å². The molecular formula is C16H20N2OS. The highest BCUT2D eigenvalue weighted by molar-refractivity contribution is 7.17. The van der Waals surface area contributed by atoms with Crippen LogP contribution in [0.15, 0.2) is 30.3 Å². The molecule has 0 saturated carbocycles. The molecule has 2 rings (SSSR count). The van der Waals surface area contributed by atoms with Gasteiger partial charge in [-0.3, -0.25) is 4.79 Å². The lowest BCUT2D eigenvalue weighted by Gasteiger charge is -2.17. The maximum absolute atomic E-state index is 11.9. The minimum atomic E-state index is -0.0738. The number of Topliss-reactive ketones (excluding diaryl/α,β-unsaturated/α-hetero) is 1. The van der Waals surface area contributed by atoms with E-state index in [0.717, 1.165) is 15.6 Å². The average Bonchev–Trinajstić information content (AvgIpc) is 2.67. The molecule has 2 aromatic rings. The third-order valence-corrected chi connectivity index (χ3v) is 4.56. The first-order valence-corrected chi connectivity index (χ1v) is 7.38. The van der Waals surface area contributed by atoms with E-state index in [2.05, 4.69) is 26.1 Å². The SMILES string of the molecule is CC(=O)c1c(Nc2ccccc2)sc(C(C)(C)C)c1N. The third kappa shape index (κ3) is 2.85. The lowest BCUT2D eigenvalue weighted by Crippen LogP contribution is -2.12. The van der Waals surface area contributed by atoms with Gasteiger partial charge in [-0.25, -0.2) is 0 Å². The molecule has 1 aromatic heterocycles. The highest BCUT2D eigenvalue weighted by atomic mass is 32.1. The summed E-state index contributed by atoms with van der Waals surface area (Å²) in [6.45, 7) is 7.86. The van der Waals surface area contributed by atoms with Gasteiger partial charge in [0.1, 0.15) is 5.00 Å². The van der Waals surface area contributed by atoms with Gasteiger partial charge >= 0.3 is 0 Å². The predicted molar refractivity (Wildman–Crippen MR) is 87.2 cm³/mol. The van der Waals surface area contributed by atoms with Crippen molar-refractivity contribution in [1.82, 2.24) is 0 Å². The van der Waals surface area contributed by atoms with Crippen molar-refractivity contribution in [2.75, 3.05) is 11.1 Å². The van der Waals surface area contributed by atoms with Crippen molar-refractivity contribution in [2.24, 2.45) is 0 Å². The third-order valence-electron chi connectivity index (χ3n) is 3.01. The molecule has 0 unspecified atom stereocenters. The molecule has 4 heteroatoms. The molecule has 0 amide bonds. The van der Waals surface area contributed by atoms with Crippen LogP contribution in [0.3, 0.4) is 0 Å². The Labute approximate surface area is 123 Å². The van der Waals surface area contributed by atoms with Crippen LogP contribution in [0.25, 0.3) is 0 Å². The van der Waals surface area contributed by atoms with Gasteiger partial charge < -0.3 is 11.1 Å². The lowest BCUT2D eigenvalue weighted by molar-refractivity contribution is 0.101. The molecule has 0 radical (unpaired) electrons. The molecule has 0 atom stereocenters. The second-order valence-electron chi connectivity index (χ2n) is 5.85. The van der Waals surface area contributed by atoms with Crippen LogP contribution in [0.1, 0.15) is 42.9 Å². The minimum Gasteiger partial charge on any atom is -0.397 e.